The lowest BCUT2D eigenvalue weighted by atomic mass is 9.54. The maximum absolute atomic E-state index is 12.9. The quantitative estimate of drug-likeness (QED) is 0.586. The van der Waals surface area contributed by atoms with Gasteiger partial charge in [-0.15, -0.1) is 23.2 Å². The van der Waals surface area contributed by atoms with E-state index >= 15 is 0 Å². The van der Waals surface area contributed by atoms with Gasteiger partial charge in [-0.2, -0.15) is 0 Å². The largest absolute Gasteiger partial charge is 0.468 e. The minimum absolute atomic E-state index is 0.00287. The average molecular weight is 333 g/mol. The Labute approximate surface area is 139 Å². The zero-order chi connectivity index (χ0) is 15.5. The first-order valence-corrected chi connectivity index (χ1v) is 8.06. The standard InChI is InChI=1S/C18H14Cl2O2/c1-22-17(21)18-12-8-4-2-6-10(12)14(15(19)16(18)20)11-7-3-5-9-13(11)18/h2-9,14-16H,1H3/t14?,15-,16-,18?/m0/s1. The summed E-state index contributed by atoms with van der Waals surface area (Å²) in [5.41, 5.74) is 2.95. The van der Waals surface area contributed by atoms with Gasteiger partial charge >= 0.3 is 5.97 Å². The predicted molar refractivity (Wildman–Crippen MR) is 86.8 cm³/mol. The van der Waals surface area contributed by atoms with Gasteiger partial charge in [0.05, 0.1) is 17.9 Å². The number of benzene rings is 2. The molecule has 2 atom stereocenters. The van der Waals surface area contributed by atoms with Gasteiger partial charge in [-0.25, -0.2) is 0 Å². The van der Waals surface area contributed by atoms with Crippen molar-refractivity contribution in [3.05, 3.63) is 70.8 Å². The first-order chi connectivity index (χ1) is 10.6. The van der Waals surface area contributed by atoms with Gasteiger partial charge in [0.1, 0.15) is 5.41 Å². The van der Waals surface area contributed by atoms with Crippen molar-refractivity contribution in [1.29, 1.82) is 0 Å². The first kappa shape index (κ1) is 14.1. The van der Waals surface area contributed by atoms with Crippen LogP contribution in [0.15, 0.2) is 48.5 Å². The monoisotopic (exact) mass is 332 g/mol. The summed E-state index contributed by atoms with van der Waals surface area (Å²) in [4.78, 5) is 12.9. The van der Waals surface area contributed by atoms with Crippen molar-refractivity contribution >= 4 is 29.2 Å². The smallest absolute Gasteiger partial charge is 0.322 e. The third kappa shape index (κ3) is 1.45. The number of fused-ring (bicyclic) bond motifs is 1. The van der Waals surface area contributed by atoms with Gasteiger partial charge in [0.2, 0.25) is 0 Å². The topological polar surface area (TPSA) is 26.3 Å². The molecule has 0 aromatic heterocycles. The predicted octanol–water partition coefficient (Wildman–Crippen LogP) is 3.82. The van der Waals surface area contributed by atoms with Gasteiger partial charge < -0.3 is 4.74 Å². The Kier molecular flexibility index (Phi) is 3.04. The molecule has 22 heavy (non-hydrogen) atoms. The molecule has 5 rings (SSSR count). The van der Waals surface area contributed by atoms with Gasteiger partial charge in [-0.3, -0.25) is 4.79 Å². The molecular weight excluding hydrogens is 319 g/mol. The molecule has 2 bridgehead atoms. The SMILES string of the molecule is COC(=O)C12c3ccccc3C(c3ccccc31)[C@H](Cl)[C@@H]2Cl. The first-order valence-electron chi connectivity index (χ1n) is 7.19. The summed E-state index contributed by atoms with van der Waals surface area (Å²) in [7, 11) is 1.40. The number of hydrogen-bond acceptors (Lipinski definition) is 2. The summed E-state index contributed by atoms with van der Waals surface area (Å²) in [5, 5.41) is -0.901. The molecule has 3 aliphatic carbocycles. The minimum Gasteiger partial charge on any atom is -0.468 e. The molecule has 2 aromatic carbocycles. The van der Waals surface area contributed by atoms with Crippen LogP contribution in [-0.4, -0.2) is 23.8 Å². The molecule has 0 heterocycles. The van der Waals surface area contributed by atoms with Crippen LogP contribution in [0.25, 0.3) is 0 Å². The van der Waals surface area contributed by atoms with Crippen molar-refractivity contribution in [2.75, 3.05) is 7.11 Å². The lowest BCUT2D eigenvalue weighted by Gasteiger charge is -2.52. The molecule has 0 fully saturated rings. The number of rotatable bonds is 1. The third-order valence-corrected chi connectivity index (χ3v) is 6.19. The van der Waals surface area contributed by atoms with Crippen molar-refractivity contribution in [3.8, 4) is 0 Å². The molecular formula is C18H14Cl2O2. The Hall–Kier alpha value is -1.51. The highest BCUT2D eigenvalue weighted by Crippen LogP contribution is 2.59. The number of halogens is 2. The Morgan fingerprint density at radius 3 is 2.00 bits per heavy atom. The van der Waals surface area contributed by atoms with Crippen LogP contribution in [0.3, 0.4) is 0 Å². The van der Waals surface area contributed by atoms with Crippen LogP contribution < -0.4 is 0 Å². The second-order valence-corrected chi connectivity index (χ2v) is 6.77. The lowest BCUT2D eigenvalue weighted by molar-refractivity contribution is -0.146. The average Bonchev–Trinajstić information content (AvgIpc) is 2.57. The fourth-order valence-corrected chi connectivity index (χ4v) is 5.04. The Balaban J connectivity index is 2.16. The number of esters is 1. The number of hydrogen-bond donors (Lipinski definition) is 0. The molecule has 2 nitrogen and oxygen atoms in total. The van der Waals surface area contributed by atoms with E-state index in [1.165, 1.54) is 7.11 Å². The van der Waals surface area contributed by atoms with Crippen LogP contribution in [-0.2, 0) is 14.9 Å². The zero-order valence-corrected chi connectivity index (χ0v) is 13.4. The maximum Gasteiger partial charge on any atom is 0.322 e. The van der Waals surface area contributed by atoms with E-state index in [1.54, 1.807) is 0 Å². The molecule has 4 heteroatoms. The third-order valence-electron chi connectivity index (χ3n) is 4.96. The highest BCUT2D eigenvalue weighted by atomic mass is 35.5. The molecule has 0 saturated carbocycles. The van der Waals surface area contributed by atoms with E-state index in [2.05, 4.69) is 0 Å². The van der Waals surface area contributed by atoms with Crippen molar-refractivity contribution in [2.24, 2.45) is 0 Å². The van der Waals surface area contributed by atoms with Crippen LogP contribution in [0.5, 0.6) is 0 Å². The van der Waals surface area contributed by atoms with E-state index in [9.17, 15) is 4.79 Å². The van der Waals surface area contributed by atoms with E-state index in [4.69, 9.17) is 27.9 Å². The Morgan fingerprint density at radius 2 is 1.50 bits per heavy atom. The van der Waals surface area contributed by atoms with Crippen molar-refractivity contribution < 1.29 is 9.53 Å². The zero-order valence-electron chi connectivity index (χ0n) is 11.9. The van der Waals surface area contributed by atoms with E-state index < -0.39 is 10.8 Å². The van der Waals surface area contributed by atoms with Crippen LogP contribution in [0.1, 0.15) is 28.2 Å². The summed E-state index contributed by atoms with van der Waals surface area (Å²) in [6, 6.07) is 15.8. The van der Waals surface area contributed by atoms with Gasteiger partial charge in [0.15, 0.2) is 0 Å². The molecule has 0 aliphatic heterocycles. The van der Waals surface area contributed by atoms with Crippen molar-refractivity contribution in [1.82, 2.24) is 0 Å². The van der Waals surface area contributed by atoms with Gasteiger partial charge in [0.25, 0.3) is 0 Å². The highest BCUT2D eigenvalue weighted by Gasteiger charge is 2.62. The lowest BCUT2D eigenvalue weighted by Crippen LogP contribution is -2.58. The Bertz CT molecular complexity index is 724. The van der Waals surface area contributed by atoms with Crippen LogP contribution >= 0.6 is 23.2 Å². The summed E-state index contributed by atoms with van der Waals surface area (Å²) in [6.45, 7) is 0. The number of carbonyl (C=O) groups is 1. The summed E-state index contributed by atoms with van der Waals surface area (Å²) >= 11 is 13.4. The summed E-state index contributed by atoms with van der Waals surface area (Å²) in [6.07, 6.45) is 0. The fourth-order valence-electron chi connectivity index (χ4n) is 4.11. The fraction of sp³-hybridized carbons (Fsp3) is 0.278. The van der Waals surface area contributed by atoms with E-state index in [0.29, 0.717) is 0 Å². The summed E-state index contributed by atoms with van der Waals surface area (Å²) in [5.74, 6) is -0.348. The van der Waals surface area contributed by atoms with Gasteiger partial charge in [0, 0.05) is 5.92 Å². The van der Waals surface area contributed by atoms with Crippen LogP contribution in [0, 0.1) is 0 Å². The summed E-state index contributed by atoms with van der Waals surface area (Å²) < 4.78 is 5.16. The molecule has 0 amide bonds. The normalized spacial score (nSPS) is 31.3. The minimum atomic E-state index is -1.04. The van der Waals surface area contributed by atoms with Crippen LogP contribution in [0.2, 0.25) is 0 Å². The molecule has 0 N–H and O–H groups in total. The Morgan fingerprint density at radius 1 is 1.00 bits per heavy atom. The number of alkyl halides is 2. The second kappa shape index (κ2) is 4.74. The molecule has 0 radical (unpaired) electrons. The van der Waals surface area contributed by atoms with Crippen molar-refractivity contribution in [3.63, 3.8) is 0 Å². The number of carbonyl (C=O) groups excluding carboxylic acids is 1. The van der Waals surface area contributed by atoms with Gasteiger partial charge in [-0.1, -0.05) is 48.5 Å². The molecule has 3 aliphatic rings. The van der Waals surface area contributed by atoms with E-state index in [0.717, 1.165) is 22.3 Å². The van der Waals surface area contributed by atoms with Gasteiger partial charge in [-0.05, 0) is 22.3 Å². The number of methoxy groups -OCH3 is 1. The molecule has 0 unspecified atom stereocenters. The number of ether oxygens (including phenoxy) is 1. The van der Waals surface area contributed by atoms with E-state index in [1.807, 2.05) is 48.5 Å². The second-order valence-electron chi connectivity index (χ2n) is 5.80. The highest BCUT2D eigenvalue weighted by molar-refractivity contribution is 6.33. The maximum atomic E-state index is 12.9. The van der Waals surface area contributed by atoms with E-state index in [-0.39, 0.29) is 17.3 Å². The molecule has 2 aromatic rings. The molecule has 0 spiro atoms. The molecule has 0 saturated heterocycles. The molecule has 112 valence electrons. The van der Waals surface area contributed by atoms with Crippen LogP contribution in [0.4, 0.5) is 0 Å². The van der Waals surface area contributed by atoms with Crippen molar-refractivity contribution in [2.45, 2.75) is 22.1 Å².